The largest absolute Gasteiger partial charge is 0.314 e. The van der Waals surface area contributed by atoms with E-state index in [1.165, 1.54) is 13.1 Å². The summed E-state index contributed by atoms with van der Waals surface area (Å²) >= 11 is 0. The monoisotopic (exact) mass is 283 g/mol. The number of hydrogen-bond donors (Lipinski definition) is 0. The number of hydrogen-bond acceptors (Lipinski definition) is 4. The van der Waals surface area contributed by atoms with Gasteiger partial charge < -0.3 is 4.57 Å². The van der Waals surface area contributed by atoms with Gasteiger partial charge in [-0.25, -0.2) is 0 Å². The molecule has 0 aliphatic rings. The molecular weight excluding hydrogens is 266 g/mol. The van der Waals surface area contributed by atoms with Gasteiger partial charge >= 0.3 is 0 Å². The van der Waals surface area contributed by atoms with E-state index in [9.17, 15) is 9.59 Å². The number of carbonyl (C=O) groups is 1. The minimum absolute atomic E-state index is 0.0112. The number of aromatic nitrogens is 2. The molecule has 0 aliphatic carbocycles. The fourth-order valence-corrected chi connectivity index (χ4v) is 2.00. The van der Waals surface area contributed by atoms with Crippen LogP contribution in [0, 0.1) is 6.92 Å². The zero-order chi connectivity index (χ0) is 15.4. The lowest BCUT2D eigenvalue weighted by molar-refractivity contribution is -0.115. The van der Waals surface area contributed by atoms with Gasteiger partial charge in [-0.05, 0) is 37.6 Å². The summed E-state index contributed by atoms with van der Waals surface area (Å²) < 4.78 is 1.57. The van der Waals surface area contributed by atoms with E-state index in [0.29, 0.717) is 5.69 Å². The van der Waals surface area contributed by atoms with E-state index in [1.807, 2.05) is 19.1 Å². The van der Waals surface area contributed by atoms with Crippen LogP contribution in [0.2, 0.25) is 0 Å². The second-order valence-electron chi connectivity index (χ2n) is 4.85. The molecule has 0 unspecified atom stereocenters. The molecular formula is C16H17N3O2. The van der Waals surface area contributed by atoms with Gasteiger partial charge in [-0.15, -0.1) is 0 Å². The molecule has 0 spiro atoms. The van der Waals surface area contributed by atoms with Crippen LogP contribution in [0.15, 0.2) is 40.4 Å². The normalized spacial score (nSPS) is 11.0. The summed E-state index contributed by atoms with van der Waals surface area (Å²) in [7, 11) is 1.71. The Bertz CT molecular complexity index is 746. The van der Waals surface area contributed by atoms with Gasteiger partial charge in [0, 0.05) is 43.3 Å². The van der Waals surface area contributed by atoms with Gasteiger partial charge in [0.2, 0.25) is 0 Å². The second-order valence-corrected chi connectivity index (χ2v) is 4.85. The van der Waals surface area contributed by atoms with Crippen LogP contribution in [0.5, 0.6) is 0 Å². The summed E-state index contributed by atoms with van der Waals surface area (Å²) in [6.07, 6.45) is 5.11. The predicted molar refractivity (Wildman–Crippen MR) is 83.1 cm³/mol. The number of carbonyl (C=O) groups excluding carboxylic acids is 1. The number of ketones is 1. The van der Waals surface area contributed by atoms with Crippen molar-refractivity contribution in [2.75, 3.05) is 0 Å². The van der Waals surface area contributed by atoms with Crippen LogP contribution >= 0.6 is 0 Å². The molecule has 0 N–H and O–H groups in total. The number of rotatable bonds is 4. The Kier molecular flexibility index (Phi) is 4.42. The molecule has 0 saturated heterocycles. The maximum atomic E-state index is 12.2. The maximum absolute atomic E-state index is 12.2. The molecule has 0 bridgehead atoms. The SMILES string of the molecule is CC(=O)CC=Nc1cc(-c2ccncc2)c(C)n(C)c1=O. The fourth-order valence-electron chi connectivity index (χ4n) is 2.00. The molecule has 2 heterocycles. The Morgan fingerprint density at radius 3 is 2.67 bits per heavy atom. The van der Waals surface area contributed by atoms with Crippen LogP contribution in [0.1, 0.15) is 19.0 Å². The van der Waals surface area contributed by atoms with E-state index in [2.05, 4.69) is 9.98 Å². The Labute approximate surface area is 123 Å². The average Bonchev–Trinajstić information content (AvgIpc) is 2.48. The number of Topliss-reactive ketones (excluding diaryl/α,β-unsaturated/α-hetero) is 1. The van der Waals surface area contributed by atoms with Gasteiger partial charge in [0.15, 0.2) is 0 Å². The first-order valence-electron chi connectivity index (χ1n) is 6.63. The van der Waals surface area contributed by atoms with E-state index in [-0.39, 0.29) is 17.8 Å². The third-order valence-electron chi connectivity index (χ3n) is 3.30. The van der Waals surface area contributed by atoms with Crippen molar-refractivity contribution < 1.29 is 4.79 Å². The van der Waals surface area contributed by atoms with E-state index >= 15 is 0 Å². The van der Waals surface area contributed by atoms with Gasteiger partial charge in [0.05, 0.1) is 0 Å². The molecule has 2 aromatic heterocycles. The topological polar surface area (TPSA) is 64.3 Å². The standard InChI is InChI=1S/C16H17N3O2/c1-11(20)4-9-18-15-10-14(12(2)19(3)16(15)21)13-5-7-17-8-6-13/h5-10H,4H2,1-3H3. The zero-order valence-corrected chi connectivity index (χ0v) is 12.3. The van der Waals surface area contributed by atoms with Crippen molar-refractivity contribution >= 4 is 17.7 Å². The molecule has 2 rings (SSSR count). The van der Waals surface area contributed by atoms with Crippen LogP contribution < -0.4 is 5.56 Å². The van der Waals surface area contributed by atoms with Gasteiger partial charge in [-0.2, -0.15) is 0 Å². The van der Waals surface area contributed by atoms with Crippen molar-refractivity contribution in [3.8, 4) is 11.1 Å². The number of aliphatic imine (C=N–C) groups is 1. The maximum Gasteiger partial charge on any atom is 0.276 e. The van der Waals surface area contributed by atoms with Crippen molar-refractivity contribution in [1.82, 2.24) is 9.55 Å². The van der Waals surface area contributed by atoms with Crippen LogP contribution in [0.3, 0.4) is 0 Å². The van der Waals surface area contributed by atoms with Gasteiger partial charge in [0.1, 0.15) is 11.5 Å². The van der Waals surface area contributed by atoms with Crippen molar-refractivity contribution in [2.24, 2.45) is 12.0 Å². The molecule has 21 heavy (non-hydrogen) atoms. The van der Waals surface area contributed by atoms with Gasteiger partial charge in [-0.1, -0.05) is 0 Å². The van der Waals surface area contributed by atoms with Crippen LogP contribution in [-0.2, 0) is 11.8 Å². The molecule has 0 aromatic carbocycles. The molecule has 2 aromatic rings. The first kappa shape index (κ1) is 14.8. The summed E-state index contributed by atoms with van der Waals surface area (Å²) in [4.78, 5) is 31.3. The summed E-state index contributed by atoms with van der Waals surface area (Å²) in [5.74, 6) is 0.0112. The Balaban J connectivity index is 2.53. The Hall–Kier alpha value is -2.56. The third kappa shape index (κ3) is 3.31. The number of pyridine rings is 2. The fraction of sp³-hybridized carbons (Fsp3) is 0.250. The van der Waals surface area contributed by atoms with Crippen molar-refractivity contribution in [3.05, 3.63) is 46.6 Å². The van der Waals surface area contributed by atoms with Crippen LogP contribution in [0.4, 0.5) is 5.69 Å². The molecule has 5 nitrogen and oxygen atoms in total. The molecule has 0 fully saturated rings. The first-order valence-corrected chi connectivity index (χ1v) is 6.63. The number of nitrogens with zero attached hydrogens (tertiary/aromatic N) is 3. The molecule has 0 saturated carbocycles. The van der Waals surface area contributed by atoms with Gasteiger partial charge in [0.25, 0.3) is 5.56 Å². The van der Waals surface area contributed by atoms with Crippen LogP contribution in [-0.4, -0.2) is 21.5 Å². The van der Waals surface area contributed by atoms with Crippen LogP contribution in [0.25, 0.3) is 11.1 Å². The molecule has 108 valence electrons. The minimum Gasteiger partial charge on any atom is -0.314 e. The highest BCUT2D eigenvalue weighted by atomic mass is 16.1. The first-order chi connectivity index (χ1) is 10.0. The lowest BCUT2D eigenvalue weighted by Gasteiger charge is -2.11. The lowest BCUT2D eigenvalue weighted by Crippen LogP contribution is -2.19. The lowest BCUT2D eigenvalue weighted by atomic mass is 10.1. The summed E-state index contributed by atoms with van der Waals surface area (Å²) in [5, 5.41) is 0. The van der Waals surface area contributed by atoms with E-state index < -0.39 is 0 Å². The predicted octanol–water partition coefficient (Wildman–Crippen LogP) is 2.44. The Morgan fingerprint density at radius 1 is 1.38 bits per heavy atom. The van der Waals surface area contributed by atoms with Crippen molar-refractivity contribution in [2.45, 2.75) is 20.3 Å². The third-order valence-corrected chi connectivity index (χ3v) is 3.30. The van der Waals surface area contributed by atoms with Crippen molar-refractivity contribution in [3.63, 3.8) is 0 Å². The Morgan fingerprint density at radius 2 is 2.05 bits per heavy atom. The summed E-state index contributed by atoms with van der Waals surface area (Å²) in [6, 6.07) is 5.52. The molecule has 0 amide bonds. The quantitative estimate of drug-likeness (QED) is 0.809. The molecule has 5 heteroatoms. The van der Waals surface area contributed by atoms with E-state index in [0.717, 1.165) is 16.8 Å². The van der Waals surface area contributed by atoms with E-state index in [1.54, 1.807) is 30.1 Å². The highest BCUT2D eigenvalue weighted by Crippen LogP contribution is 2.24. The smallest absolute Gasteiger partial charge is 0.276 e. The summed E-state index contributed by atoms with van der Waals surface area (Å²) in [5.41, 5.74) is 2.91. The van der Waals surface area contributed by atoms with E-state index in [4.69, 9.17) is 0 Å². The minimum atomic E-state index is -0.176. The molecule has 0 radical (unpaired) electrons. The molecule has 0 aliphatic heterocycles. The van der Waals surface area contributed by atoms with Gasteiger partial charge in [-0.3, -0.25) is 19.6 Å². The molecule has 0 atom stereocenters. The summed E-state index contributed by atoms with van der Waals surface area (Å²) in [6.45, 7) is 3.38. The average molecular weight is 283 g/mol. The second kappa shape index (κ2) is 6.26. The highest BCUT2D eigenvalue weighted by molar-refractivity contribution is 5.90. The highest BCUT2D eigenvalue weighted by Gasteiger charge is 2.10. The zero-order valence-electron chi connectivity index (χ0n) is 12.3. The van der Waals surface area contributed by atoms with Crippen molar-refractivity contribution in [1.29, 1.82) is 0 Å².